The van der Waals surface area contributed by atoms with Gasteiger partial charge in [-0.05, 0) is 36.4 Å². The van der Waals surface area contributed by atoms with Crippen molar-refractivity contribution in [3.8, 4) is 5.75 Å². The van der Waals surface area contributed by atoms with Gasteiger partial charge in [0.05, 0.1) is 5.56 Å². The van der Waals surface area contributed by atoms with Crippen LogP contribution in [0.25, 0.3) is 0 Å². The number of aromatic carboxylic acids is 1. The van der Waals surface area contributed by atoms with Gasteiger partial charge in [-0.25, -0.2) is 9.78 Å². The largest absolute Gasteiger partial charge is 0.484 e. The molecule has 0 fully saturated rings. The first-order valence-corrected chi connectivity index (χ1v) is 6.07. The number of carboxylic acids is 1. The molecule has 3 N–H and O–H groups in total. The lowest BCUT2D eigenvalue weighted by atomic mass is 10.2. The third-order valence-corrected chi connectivity index (χ3v) is 2.47. The minimum atomic E-state index is -1.01. The standard InChI is InChI=1S/C14H13N3O4/c18-13(17-16-12-3-1-2-8-15-12)9-21-11-6-4-10(5-7-11)14(19)20/h1-8H,9H2,(H,15,16)(H,17,18)(H,19,20). The predicted octanol–water partition coefficient (Wildman–Crippen LogP) is 1.30. The SMILES string of the molecule is O=C(COc1ccc(C(=O)O)cc1)NNc1ccccn1. The van der Waals surface area contributed by atoms with Crippen molar-refractivity contribution in [2.24, 2.45) is 0 Å². The first kappa shape index (κ1) is 14.3. The lowest BCUT2D eigenvalue weighted by Gasteiger charge is -2.09. The first-order chi connectivity index (χ1) is 10.1. The Labute approximate surface area is 120 Å². The molecule has 1 aromatic heterocycles. The van der Waals surface area contributed by atoms with Crippen LogP contribution in [0.5, 0.6) is 5.75 Å². The Hall–Kier alpha value is -3.09. The van der Waals surface area contributed by atoms with Crippen LogP contribution in [0.3, 0.4) is 0 Å². The molecule has 1 amide bonds. The summed E-state index contributed by atoms with van der Waals surface area (Å²) in [6, 6.07) is 11.0. The van der Waals surface area contributed by atoms with Crippen molar-refractivity contribution >= 4 is 17.7 Å². The number of rotatable bonds is 6. The molecular weight excluding hydrogens is 274 g/mol. The van der Waals surface area contributed by atoms with Gasteiger partial charge in [-0.1, -0.05) is 6.07 Å². The number of amides is 1. The number of nitrogens with one attached hydrogen (secondary N) is 2. The monoisotopic (exact) mass is 287 g/mol. The van der Waals surface area contributed by atoms with Crippen molar-refractivity contribution in [3.05, 3.63) is 54.2 Å². The summed E-state index contributed by atoms with van der Waals surface area (Å²) in [5.41, 5.74) is 5.22. The fourth-order valence-electron chi connectivity index (χ4n) is 1.45. The van der Waals surface area contributed by atoms with Crippen LogP contribution in [0.2, 0.25) is 0 Å². The molecule has 0 saturated carbocycles. The minimum Gasteiger partial charge on any atom is -0.484 e. The summed E-state index contributed by atoms with van der Waals surface area (Å²) >= 11 is 0. The van der Waals surface area contributed by atoms with Crippen LogP contribution in [0.15, 0.2) is 48.7 Å². The van der Waals surface area contributed by atoms with Gasteiger partial charge < -0.3 is 9.84 Å². The molecule has 0 aliphatic carbocycles. The Morgan fingerprint density at radius 3 is 2.52 bits per heavy atom. The van der Waals surface area contributed by atoms with E-state index in [2.05, 4.69) is 15.8 Å². The molecule has 0 aliphatic rings. The Kier molecular flexibility index (Phi) is 4.70. The van der Waals surface area contributed by atoms with E-state index in [4.69, 9.17) is 9.84 Å². The molecule has 1 heterocycles. The molecule has 7 heteroatoms. The fourth-order valence-corrected chi connectivity index (χ4v) is 1.45. The zero-order chi connectivity index (χ0) is 15.1. The Morgan fingerprint density at radius 2 is 1.90 bits per heavy atom. The van der Waals surface area contributed by atoms with E-state index in [1.165, 1.54) is 24.3 Å². The molecule has 0 radical (unpaired) electrons. The quantitative estimate of drug-likeness (QED) is 0.692. The number of benzene rings is 1. The van der Waals surface area contributed by atoms with E-state index >= 15 is 0 Å². The molecule has 7 nitrogen and oxygen atoms in total. The zero-order valence-electron chi connectivity index (χ0n) is 10.9. The van der Waals surface area contributed by atoms with Gasteiger partial charge in [-0.3, -0.25) is 15.6 Å². The number of anilines is 1. The van der Waals surface area contributed by atoms with Gasteiger partial charge in [0.15, 0.2) is 6.61 Å². The van der Waals surface area contributed by atoms with Gasteiger partial charge in [0.1, 0.15) is 11.6 Å². The summed E-state index contributed by atoms with van der Waals surface area (Å²) in [6.07, 6.45) is 1.59. The van der Waals surface area contributed by atoms with Crippen LogP contribution >= 0.6 is 0 Å². The van der Waals surface area contributed by atoms with E-state index < -0.39 is 5.97 Å². The molecule has 0 spiro atoms. The highest BCUT2D eigenvalue weighted by Crippen LogP contribution is 2.11. The van der Waals surface area contributed by atoms with Crippen LogP contribution in [-0.4, -0.2) is 28.6 Å². The second-order valence-corrected chi connectivity index (χ2v) is 4.01. The summed E-state index contributed by atoms with van der Waals surface area (Å²) in [5, 5.41) is 8.75. The molecule has 0 unspecified atom stereocenters. The van der Waals surface area contributed by atoms with Gasteiger partial charge in [-0.15, -0.1) is 0 Å². The summed E-state index contributed by atoms with van der Waals surface area (Å²) in [6.45, 7) is -0.202. The van der Waals surface area contributed by atoms with Gasteiger partial charge in [0, 0.05) is 6.20 Å². The summed E-state index contributed by atoms with van der Waals surface area (Å²) in [5.74, 6) is -0.480. The van der Waals surface area contributed by atoms with Crippen molar-refractivity contribution in [1.29, 1.82) is 0 Å². The molecule has 108 valence electrons. The smallest absolute Gasteiger partial charge is 0.335 e. The second kappa shape index (κ2) is 6.90. The maximum atomic E-state index is 11.5. The van der Waals surface area contributed by atoms with E-state index in [1.807, 2.05) is 0 Å². The number of hydrazine groups is 1. The molecule has 0 saturated heterocycles. The van der Waals surface area contributed by atoms with E-state index in [-0.39, 0.29) is 18.1 Å². The number of nitrogens with zero attached hydrogens (tertiary/aromatic N) is 1. The molecule has 1 aromatic carbocycles. The van der Waals surface area contributed by atoms with Gasteiger partial charge in [0.2, 0.25) is 0 Å². The third kappa shape index (κ3) is 4.50. The highest BCUT2D eigenvalue weighted by Gasteiger charge is 2.05. The molecule has 0 atom stereocenters. The highest BCUT2D eigenvalue weighted by atomic mass is 16.5. The average molecular weight is 287 g/mol. The molecule has 2 aromatic rings. The number of carbonyl (C=O) groups excluding carboxylic acids is 1. The molecular formula is C14H13N3O4. The Morgan fingerprint density at radius 1 is 1.14 bits per heavy atom. The first-order valence-electron chi connectivity index (χ1n) is 6.07. The lowest BCUT2D eigenvalue weighted by Crippen LogP contribution is -2.33. The van der Waals surface area contributed by atoms with E-state index in [9.17, 15) is 9.59 Å². The van der Waals surface area contributed by atoms with Crippen LogP contribution in [0, 0.1) is 0 Å². The van der Waals surface area contributed by atoms with Crippen molar-refractivity contribution in [3.63, 3.8) is 0 Å². The van der Waals surface area contributed by atoms with Crippen molar-refractivity contribution in [2.75, 3.05) is 12.0 Å². The molecule has 21 heavy (non-hydrogen) atoms. The molecule has 2 rings (SSSR count). The highest BCUT2D eigenvalue weighted by molar-refractivity contribution is 5.87. The number of pyridine rings is 1. The van der Waals surface area contributed by atoms with Crippen molar-refractivity contribution < 1.29 is 19.4 Å². The maximum Gasteiger partial charge on any atom is 0.335 e. The lowest BCUT2D eigenvalue weighted by molar-refractivity contribution is -0.122. The number of ether oxygens (including phenoxy) is 1. The maximum absolute atomic E-state index is 11.5. The van der Waals surface area contributed by atoms with Crippen LogP contribution < -0.4 is 15.6 Å². The van der Waals surface area contributed by atoms with E-state index in [0.29, 0.717) is 11.6 Å². The topological polar surface area (TPSA) is 101 Å². The number of hydrogen-bond donors (Lipinski definition) is 3. The molecule has 0 aliphatic heterocycles. The summed E-state index contributed by atoms with van der Waals surface area (Å²) in [7, 11) is 0. The normalized spacial score (nSPS) is 9.71. The van der Waals surface area contributed by atoms with Gasteiger partial charge >= 0.3 is 5.97 Å². The summed E-state index contributed by atoms with van der Waals surface area (Å²) < 4.78 is 5.23. The van der Waals surface area contributed by atoms with E-state index in [1.54, 1.807) is 24.4 Å². The number of aromatic nitrogens is 1. The molecule has 0 bridgehead atoms. The van der Waals surface area contributed by atoms with Crippen LogP contribution in [0.4, 0.5) is 5.82 Å². The van der Waals surface area contributed by atoms with Crippen LogP contribution in [-0.2, 0) is 4.79 Å². The predicted molar refractivity (Wildman–Crippen MR) is 74.9 cm³/mol. The van der Waals surface area contributed by atoms with Gasteiger partial charge in [-0.2, -0.15) is 0 Å². The number of carbonyl (C=O) groups is 2. The van der Waals surface area contributed by atoms with Crippen molar-refractivity contribution in [1.82, 2.24) is 10.4 Å². The zero-order valence-corrected chi connectivity index (χ0v) is 10.9. The summed E-state index contributed by atoms with van der Waals surface area (Å²) in [4.78, 5) is 26.2. The Balaban J connectivity index is 1.77. The minimum absolute atomic E-state index is 0.156. The van der Waals surface area contributed by atoms with Crippen molar-refractivity contribution in [2.45, 2.75) is 0 Å². The number of hydrogen-bond acceptors (Lipinski definition) is 5. The number of carboxylic acid groups (broad SMARTS) is 1. The second-order valence-electron chi connectivity index (χ2n) is 4.01. The van der Waals surface area contributed by atoms with Gasteiger partial charge in [0.25, 0.3) is 5.91 Å². The average Bonchev–Trinajstić information content (AvgIpc) is 2.52. The van der Waals surface area contributed by atoms with E-state index in [0.717, 1.165) is 0 Å². The van der Waals surface area contributed by atoms with Crippen LogP contribution in [0.1, 0.15) is 10.4 Å². The Bertz CT molecular complexity index is 614. The third-order valence-electron chi connectivity index (χ3n) is 2.47. The fraction of sp³-hybridized carbons (Fsp3) is 0.0714.